The van der Waals surface area contributed by atoms with Crippen molar-refractivity contribution in [2.75, 3.05) is 13.9 Å². The third-order valence-corrected chi connectivity index (χ3v) is 5.72. The monoisotopic (exact) mass is 437 g/mol. The van der Waals surface area contributed by atoms with E-state index in [1.54, 1.807) is 16.7 Å². The van der Waals surface area contributed by atoms with Crippen LogP contribution < -0.4 is 14.3 Å². The lowest BCUT2D eigenvalue weighted by Gasteiger charge is -2.04. The van der Waals surface area contributed by atoms with Gasteiger partial charge in [0.05, 0.1) is 17.3 Å². The molecule has 0 unspecified atom stereocenters. The first-order valence-electron chi connectivity index (χ1n) is 9.23. The van der Waals surface area contributed by atoms with Crippen molar-refractivity contribution in [2.24, 2.45) is 4.99 Å². The van der Waals surface area contributed by atoms with Crippen molar-refractivity contribution >= 4 is 33.4 Å². The maximum absolute atomic E-state index is 12.8. The van der Waals surface area contributed by atoms with Gasteiger partial charge in [0.2, 0.25) is 6.79 Å². The van der Waals surface area contributed by atoms with E-state index in [9.17, 15) is 9.59 Å². The van der Waals surface area contributed by atoms with E-state index in [1.165, 1.54) is 24.5 Å². The predicted molar refractivity (Wildman–Crippen MR) is 110 cm³/mol. The fourth-order valence-corrected chi connectivity index (χ4v) is 4.19. The summed E-state index contributed by atoms with van der Waals surface area (Å²) in [5.74, 6) is 0.561. The van der Waals surface area contributed by atoms with E-state index in [0.717, 1.165) is 10.3 Å². The van der Waals surface area contributed by atoms with Gasteiger partial charge >= 0.3 is 11.9 Å². The summed E-state index contributed by atoms with van der Waals surface area (Å²) >= 11 is 1.24. The molecule has 2 aromatic carbocycles. The number of esters is 1. The lowest BCUT2D eigenvalue weighted by molar-refractivity contribution is -0.141. The number of hydrogen-bond donors (Lipinski definition) is 0. The molecule has 0 aliphatic carbocycles. The first kappa shape index (κ1) is 19.1. The molecule has 10 heteroatoms. The Morgan fingerprint density at radius 3 is 2.71 bits per heavy atom. The highest BCUT2D eigenvalue weighted by molar-refractivity contribution is 7.16. The van der Waals surface area contributed by atoms with Crippen LogP contribution in [0.5, 0.6) is 11.5 Å². The molecule has 0 spiro atoms. The van der Waals surface area contributed by atoms with Gasteiger partial charge in [-0.2, -0.15) is 4.99 Å². The Kier molecular flexibility index (Phi) is 4.75. The van der Waals surface area contributed by atoms with Crippen LogP contribution in [0.15, 0.2) is 58.0 Å². The number of methoxy groups -OCH3 is 1. The zero-order valence-electron chi connectivity index (χ0n) is 16.2. The van der Waals surface area contributed by atoms with Gasteiger partial charge in [-0.05, 0) is 0 Å². The largest absolute Gasteiger partial charge is 0.468 e. The van der Waals surface area contributed by atoms with Crippen molar-refractivity contribution in [1.82, 2.24) is 9.72 Å². The number of aromatic nitrogens is 2. The van der Waals surface area contributed by atoms with Gasteiger partial charge in [-0.1, -0.05) is 46.8 Å². The van der Waals surface area contributed by atoms with Gasteiger partial charge in [0.25, 0.3) is 0 Å². The highest BCUT2D eigenvalue weighted by Crippen LogP contribution is 2.37. The minimum Gasteiger partial charge on any atom is -0.468 e. The molecule has 2 aromatic heterocycles. The van der Waals surface area contributed by atoms with Crippen molar-refractivity contribution in [2.45, 2.75) is 6.54 Å². The van der Waals surface area contributed by atoms with Crippen LogP contribution in [-0.4, -0.2) is 35.5 Å². The van der Waals surface area contributed by atoms with Crippen molar-refractivity contribution in [1.29, 1.82) is 0 Å². The van der Waals surface area contributed by atoms with Crippen LogP contribution in [-0.2, 0) is 16.1 Å². The number of rotatable bonds is 4. The van der Waals surface area contributed by atoms with Crippen LogP contribution in [0, 0.1) is 0 Å². The molecule has 3 heterocycles. The number of thiazole rings is 1. The van der Waals surface area contributed by atoms with Gasteiger partial charge in [-0.25, -0.2) is 0 Å². The molecule has 0 radical (unpaired) electrons. The summed E-state index contributed by atoms with van der Waals surface area (Å²) in [6, 6.07) is 14.4. The second-order valence-corrected chi connectivity index (χ2v) is 7.59. The molecule has 1 aliphatic rings. The van der Waals surface area contributed by atoms with Crippen molar-refractivity contribution in [3.63, 3.8) is 0 Å². The number of amides is 1. The van der Waals surface area contributed by atoms with Gasteiger partial charge in [0, 0.05) is 23.8 Å². The summed E-state index contributed by atoms with van der Waals surface area (Å²) in [7, 11) is 1.30. The summed E-state index contributed by atoms with van der Waals surface area (Å²) < 4.78 is 23.3. The Morgan fingerprint density at radius 2 is 1.94 bits per heavy atom. The van der Waals surface area contributed by atoms with Gasteiger partial charge in [0.15, 0.2) is 27.8 Å². The van der Waals surface area contributed by atoms with E-state index in [4.69, 9.17) is 18.7 Å². The summed E-state index contributed by atoms with van der Waals surface area (Å²) in [5.41, 5.74) is 1.54. The minimum absolute atomic E-state index is 0.0649. The number of fused-ring (bicyclic) bond motifs is 2. The lowest BCUT2D eigenvalue weighted by atomic mass is 10.1. The first-order valence-corrected chi connectivity index (χ1v) is 10.0. The van der Waals surface area contributed by atoms with Crippen LogP contribution in [0.2, 0.25) is 0 Å². The molecular weight excluding hydrogens is 422 g/mol. The van der Waals surface area contributed by atoms with Crippen molar-refractivity contribution in [3.8, 4) is 22.8 Å². The zero-order chi connectivity index (χ0) is 21.4. The molecule has 5 rings (SSSR count). The van der Waals surface area contributed by atoms with E-state index in [1.807, 2.05) is 30.3 Å². The van der Waals surface area contributed by atoms with Gasteiger partial charge in [-0.3, -0.25) is 9.59 Å². The molecule has 9 nitrogen and oxygen atoms in total. The van der Waals surface area contributed by atoms with Crippen molar-refractivity contribution in [3.05, 3.63) is 59.0 Å². The topological polar surface area (TPSA) is 105 Å². The highest BCUT2D eigenvalue weighted by Gasteiger charge is 2.20. The minimum atomic E-state index is -0.587. The second kappa shape index (κ2) is 7.73. The van der Waals surface area contributed by atoms with E-state index in [0.29, 0.717) is 27.6 Å². The summed E-state index contributed by atoms with van der Waals surface area (Å²) in [5, 5.41) is 3.85. The second-order valence-electron chi connectivity index (χ2n) is 6.58. The number of carbonyl (C=O) groups excluding carboxylic acids is 2. The predicted octanol–water partition coefficient (Wildman–Crippen LogP) is 3.00. The Labute approximate surface area is 179 Å². The Morgan fingerprint density at radius 1 is 1.16 bits per heavy atom. The molecule has 31 heavy (non-hydrogen) atoms. The molecule has 1 aliphatic heterocycles. The van der Waals surface area contributed by atoms with E-state index < -0.39 is 11.9 Å². The number of benzene rings is 2. The van der Waals surface area contributed by atoms with Gasteiger partial charge < -0.3 is 23.3 Å². The number of carbonyl (C=O) groups is 2. The molecule has 0 N–H and O–H groups in total. The lowest BCUT2D eigenvalue weighted by Crippen LogP contribution is -2.22. The highest BCUT2D eigenvalue weighted by atomic mass is 32.1. The first-order chi connectivity index (χ1) is 15.1. The maximum Gasteiger partial charge on any atom is 0.325 e. The molecule has 0 bridgehead atoms. The normalized spacial score (nSPS) is 13.0. The third-order valence-electron chi connectivity index (χ3n) is 4.68. The zero-order valence-corrected chi connectivity index (χ0v) is 17.0. The molecule has 0 saturated carbocycles. The number of hydrogen-bond acceptors (Lipinski definition) is 8. The Bertz CT molecular complexity index is 1370. The summed E-state index contributed by atoms with van der Waals surface area (Å²) in [6.07, 6.45) is 0. The number of ether oxygens (including phenoxy) is 3. The fraction of sp³-hybridized carbons (Fsp3) is 0.143. The average Bonchev–Trinajstić information content (AvgIpc) is 3.52. The smallest absolute Gasteiger partial charge is 0.325 e. The van der Waals surface area contributed by atoms with Crippen LogP contribution >= 0.6 is 11.3 Å². The number of nitrogens with zero attached hydrogens (tertiary/aromatic N) is 3. The Balaban J connectivity index is 1.57. The van der Waals surface area contributed by atoms with E-state index in [-0.39, 0.29) is 19.0 Å². The molecule has 1 amide bonds. The quantitative estimate of drug-likeness (QED) is 0.452. The van der Waals surface area contributed by atoms with Crippen LogP contribution in [0.1, 0.15) is 10.5 Å². The van der Waals surface area contributed by atoms with Gasteiger partial charge in [-0.15, -0.1) is 0 Å². The molecule has 4 aromatic rings. The Hall–Kier alpha value is -3.92. The molecule has 0 atom stereocenters. The molecular formula is C21H15N3O6S. The molecule has 0 fully saturated rings. The molecule has 156 valence electrons. The van der Waals surface area contributed by atoms with E-state index in [2.05, 4.69) is 10.1 Å². The average molecular weight is 437 g/mol. The van der Waals surface area contributed by atoms with Crippen molar-refractivity contribution < 1.29 is 28.3 Å². The maximum atomic E-state index is 12.8. The summed E-state index contributed by atoms with van der Waals surface area (Å²) in [6.45, 7) is 0.0194. The van der Waals surface area contributed by atoms with E-state index >= 15 is 0 Å². The summed E-state index contributed by atoms with van der Waals surface area (Å²) in [4.78, 5) is 29.3. The van der Waals surface area contributed by atoms with Crippen LogP contribution in [0.25, 0.3) is 21.5 Å². The molecule has 0 saturated heterocycles. The van der Waals surface area contributed by atoms with Crippen LogP contribution in [0.3, 0.4) is 0 Å². The standard InChI is InChI=1S/C21H15N3O6S/c1-27-19(25)10-24-14-8-16-17(29-11-28-16)9-18(14)31-21(24)22-20(26)13-7-15(30-23-13)12-5-3-2-4-6-12/h2-9H,10-11H2,1H3. The SMILES string of the molecule is COC(=O)Cn1c(=NC(=O)c2cc(-c3ccccc3)on2)sc2cc3c(cc21)OCO3. The van der Waals surface area contributed by atoms with Crippen LogP contribution in [0.4, 0.5) is 0 Å². The fourth-order valence-electron chi connectivity index (χ4n) is 3.15. The third kappa shape index (κ3) is 3.57. The van der Waals surface area contributed by atoms with Gasteiger partial charge in [0.1, 0.15) is 6.54 Å².